The van der Waals surface area contributed by atoms with Crippen molar-refractivity contribution >= 4 is 27.6 Å². The van der Waals surface area contributed by atoms with Gasteiger partial charge in [0.2, 0.25) is 15.9 Å². The molecular formula is C13H16N2O5S. The van der Waals surface area contributed by atoms with Crippen molar-refractivity contribution in [2.75, 3.05) is 11.4 Å². The second-order valence-corrected chi connectivity index (χ2v) is 6.61. The van der Waals surface area contributed by atoms with Crippen molar-refractivity contribution in [3.63, 3.8) is 0 Å². The van der Waals surface area contributed by atoms with Gasteiger partial charge in [0.15, 0.2) is 0 Å². The number of hydrogen-bond acceptors (Lipinski definition) is 4. The van der Waals surface area contributed by atoms with Crippen LogP contribution in [0.1, 0.15) is 19.4 Å². The van der Waals surface area contributed by atoms with Crippen LogP contribution < -0.4 is 9.62 Å². The lowest BCUT2D eigenvalue weighted by molar-refractivity contribution is -0.138. The maximum atomic E-state index is 12.1. The van der Waals surface area contributed by atoms with Gasteiger partial charge in [-0.2, -0.15) is 4.72 Å². The molecule has 0 aliphatic carbocycles. The number of nitrogens with zero attached hydrogens (tertiary/aromatic N) is 1. The highest BCUT2D eigenvalue weighted by Crippen LogP contribution is 2.30. The monoisotopic (exact) mass is 312 g/mol. The van der Waals surface area contributed by atoms with E-state index in [-0.39, 0.29) is 10.8 Å². The van der Waals surface area contributed by atoms with Crippen LogP contribution in [0.4, 0.5) is 5.69 Å². The van der Waals surface area contributed by atoms with E-state index in [1.807, 2.05) is 0 Å². The van der Waals surface area contributed by atoms with E-state index in [9.17, 15) is 18.0 Å². The van der Waals surface area contributed by atoms with Crippen LogP contribution in [0.25, 0.3) is 0 Å². The first kappa shape index (κ1) is 15.5. The summed E-state index contributed by atoms with van der Waals surface area (Å²) < 4.78 is 26.3. The summed E-state index contributed by atoms with van der Waals surface area (Å²) in [7, 11) is -3.90. The van der Waals surface area contributed by atoms with Gasteiger partial charge in [-0.25, -0.2) is 8.42 Å². The van der Waals surface area contributed by atoms with Crippen LogP contribution in [0.15, 0.2) is 23.1 Å². The van der Waals surface area contributed by atoms with E-state index < -0.39 is 22.0 Å². The molecule has 1 amide bonds. The van der Waals surface area contributed by atoms with Gasteiger partial charge in [-0.1, -0.05) is 0 Å². The highest BCUT2D eigenvalue weighted by molar-refractivity contribution is 7.89. The van der Waals surface area contributed by atoms with E-state index in [1.54, 1.807) is 11.0 Å². The number of amides is 1. The van der Waals surface area contributed by atoms with E-state index in [2.05, 4.69) is 4.72 Å². The number of hydrogen-bond donors (Lipinski definition) is 2. The molecule has 0 aromatic heterocycles. The summed E-state index contributed by atoms with van der Waals surface area (Å²) in [6.45, 7) is 3.23. The smallest absolute Gasteiger partial charge is 0.321 e. The lowest BCUT2D eigenvalue weighted by Crippen LogP contribution is -2.38. The average molecular weight is 312 g/mol. The SMILES string of the molecule is CC(=O)N1CCc2cc(S(=O)(=O)NC(C)C(=O)O)ccc21. The van der Waals surface area contributed by atoms with Crippen molar-refractivity contribution < 1.29 is 23.1 Å². The minimum Gasteiger partial charge on any atom is -0.480 e. The minimum atomic E-state index is -3.90. The average Bonchev–Trinajstić information content (AvgIpc) is 2.80. The summed E-state index contributed by atoms with van der Waals surface area (Å²) in [4.78, 5) is 23.8. The topological polar surface area (TPSA) is 104 Å². The number of carbonyl (C=O) groups excluding carboxylic acids is 1. The highest BCUT2D eigenvalue weighted by Gasteiger charge is 2.26. The molecule has 0 fully saturated rings. The first-order chi connectivity index (χ1) is 9.72. The molecule has 1 aromatic carbocycles. The van der Waals surface area contributed by atoms with Crippen LogP contribution in [-0.4, -0.2) is 38.0 Å². The third kappa shape index (κ3) is 3.06. The first-order valence-electron chi connectivity index (χ1n) is 6.38. The van der Waals surface area contributed by atoms with Crippen molar-refractivity contribution in [2.24, 2.45) is 0 Å². The molecule has 1 aliphatic heterocycles. The molecule has 1 unspecified atom stereocenters. The Morgan fingerprint density at radius 1 is 1.38 bits per heavy atom. The van der Waals surface area contributed by atoms with Crippen LogP contribution in [0.3, 0.4) is 0 Å². The normalized spacial score (nSPS) is 15.6. The van der Waals surface area contributed by atoms with E-state index in [0.29, 0.717) is 18.7 Å². The number of rotatable bonds is 4. The molecule has 0 bridgehead atoms. The second-order valence-electron chi connectivity index (χ2n) is 4.89. The molecule has 8 heteroatoms. The summed E-state index contributed by atoms with van der Waals surface area (Å²) in [5.74, 6) is -1.34. The molecule has 1 atom stereocenters. The molecule has 1 aromatic rings. The zero-order valence-corrected chi connectivity index (χ0v) is 12.5. The predicted molar refractivity (Wildman–Crippen MR) is 75.6 cm³/mol. The Labute approximate surface area is 122 Å². The van der Waals surface area contributed by atoms with Crippen LogP contribution in [0.2, 0.25) is 0 Å². The van der Waals surface area contributed by atoms with E-state index >= 15 is 0 Å². The Balaban J connectivity index is 2.31. The summed E-state index contributed by atoms with van der Waals surface area (Å²) in [5.41, 5.74) is 1.46. The number of anilines is 1. The summed E-state index contributed by atoms with van der Waals surface area (Å²) in [5, 5.41) is 8.77. The maximum absolute atomic E-state index is 12.1. The van der Waals surface area contributed by atoms with Crippen molar-refractivity contribution in [2.45, 2.75) is 31.2 Å². The molecule has 2 rings (SSSR count). The van der Waals surface area contributed by atoms with Gasteiger partial charge in [0.25, 0.3) is 0 Å². The van der Waals surface area contributed by atoms with Crippen molar-refractivity contribution in [3.8, 4) is 0 Å². The number of carbonyl (C=O) groups is 2. The van der Waals surface area contributed by atoms with Crippen LogP contribution in [-0.2, 0) is 26.0 Å². The Morgan fingerprint density at radius 2 is 2.05 bits per heavy atom. The third-order valence-corrected chi connectivity index (χ3v) is 4.88. The number of fused-ring (bicyclic) bond motifs is 1. The van der Waals surface area contributed by atoms with Gasteiger partial charge < -0.3 is 10.0 Å². The molecule has 1 aliphatic rings. The van der Waals surface area contributed by atoms with E-state index in [4.69, 9.17) is 5.11 Å². The summed E-state index contributed by atoms with van der Waals surface area (Å²) >= 11 is 0. The first-order valence-corrected chi connectivity index (χ1v) is 7.87. The fourth-order valence-corrected chi connectivity index (χ4v) is 3.47. The number of aliphatic carboxylic acids is 1. The molecule has 0 saturated heterocycles. The number of carboxylic acids is 1. The number of sulfonamides is 1. The van der Waals surface area contributed by atoms with Crippen molar-refractivity contribution in [1.82, 2.24) is 4.72 Å². The quantitative estimate of drug-likeness (QED) is 0.834. The highest BCUT2D eigenvalue weighted by atomic mass is 32.2. The molecule has 0 saturated carbocycles. The van der Waals surface area contributed by atoms with Crippen LogP contribution in [0.5, 0.6) is 0 Å². The van der Waals surface area contributed by atoms with Gasteiger partial charge in [-0.3, -0.25) is 9.59 Å². The molecule has 1 heterocycles. The zero-order valence-electron chi connectivity index (χ0n) is 11.7. The Hall–Kier alpha value is -1.93. The molecule has 114 valence electrons. The fourth-order valence-electron chi connectivity index (χ4n) is 2.22. The largest absolute Gasteiger partial charge is 0.480 e. The zero-order chi connectivity index (χ0) is 15.8. The number of nitrogens with one attached hydrogen (secondary N) is 1. The van der Waals surface area contributed by atoms with Gasteiger partial charge in [0, 0.05) is 19.2 Å². The van der Waals surface area contributed by atoms with Crippen molar-refractivity contribution in [1.29, 1.82) is 0 Å². The third-order valence-electron chi connectivity index (χ3n) is 3.34. The molecule has 7 nitrogen and oxygen atoms in total. The summed E-state index contributed by atoms with van der Waals surface area (Å²) in [6.07, 6.45) is 0.576. The second kappa shape index (κ2) is 5.45. The molecule has 0 radical (unpaired) electrons. The molecule has 2 N–H and O–H groups in total. The molecule has 21 heavy (non-hydrogen) atoms. The number of benzene rings is 1. The summed E-state index contributed by atoms with van der Waals surface area (Å²) in [6, 6.07) is 3.22. The standard InChI is InChI=1S/C13H16N2O5S/c1-8(13(17)18)14-21(19,20)11-3-4-12-10(7-11)5-6-15(12)9(2)16/h3-4,7-8,14H,5-6H2,1-2H3,(H,17,18). The van der Waals surface area contributed by atoms with Gasteiger partial charge in [0.05, 0.1) is 4.90 Å². The lowest BCUT2D eigenvalue weighted by atomic mass is 10.2. The Morgan fingerprint density at radius 3 is 2.62 bits per heavy atom. The predicted octanol–water partition coefficient (Wildman–Crippen LogP) is 0.347. The fraction of sp³-hybridized carbons (Fsp3) is 0.385. The van der Waals surface area contributed by atoms with Crippen molar-refractivity contribution in [3.05, 3.63) is 23.8 Å². The Bertz CT molecular complexity index is 699. The molecule has 0 spiro atoms. The lowest BCUT2D eigenvalue weighted by Gasteiger charge is -2.15. The van der Waals surface area contributed by atoms with Gasteiger partial charge in [-0.05, 0) is 37.1 Å². The van der Waals surface area contributed by atoms with E-state index in [1.165, 1.54) is 26.0 Å². The van der Waals surface area contributed by atoms with Crippen LogP contribution >= 0.6 is 0 Å². The van der Waals surface area contributed by atoms with Crippen LogP contribution in [0, 0.1) is 0 Å². The van der Waals surface area contributed by atoms with Gasteiger partial charge in [-0.15, -0.1) is 0 Å². The number of carboxylic acid groups (broad SMARTS) is 1. The minimum absolute atomic E-state index is 0.000230. The van der Waals surface area contributed by atoms with Gasteiger partial charge >= 0.3 is 5.97 Å². The Kier molecular flexibility index (Phi) is 4.02. The maximum Gasteiger partial charge on any atom is 0.321 e. The van der Waals surface area contributed by atoms with E-state index in [0.717, 1.165) is 5.56 Å². The van der Waals surface area contributed by atoms with Gasteiger partial charge in [0.1, 0.15) is 6.04 Å². The molecular weight excluding hydrogens is 296 g/mol.